The maximum Gasteiger partial charge on any atom is 0.255 e. The highest BCUT2D eigenvalue weighted by Crippen LogP contribution is 2.19. The van der Waals surface area contributed by atoms with E-state index in [0.717, 1.165) is 24.3 Å². The summed E-state index contributed by atoms with van der Waals surface area (Å²) in [6.45, 7) is 3.66. The molecule has 156 valence electrons. The van der Waals surface area contributed by atoms with Gasteiger partial charge in [0.25, 0.3) is 5.91 Å². The van der Waals surface area contributed by atoms with Gasteiger partial charge in [0.2, 0.25) is 0 Å². The van der Waals surface area contributed by atoms with Gasteiger partial charge in [-0.05, 0) is 55.0 Å². The largest absolute Gasteiger partial charge is 0.494 e. The van der Waals surface area contributed by atoms with E-state index >= 15 is 0 Å². The number of rotatable bonds is 11. The Hall–Kier alpha value is -3.47. The van der Waals surface area contributed by atoms with Crippen LogP contribution in [0.25, 0.3) is 0 Å². The second-order valence-corrected chi connectivity index (χ2v) is 6.72. The lowest BCUT2D eigenvalue weighted by molar-refractivity contribution is 0.102. The van der Waals surface area contributed by atoms with Crippen molar-refractivity contribution in [3.05, 3.63) is 84.4 Å². The van der Waals surface area contributed by atoms with Gasteiger partial charge < -0.3 is 19.5 Å². The van der Waals surface area contributed by atoms with Crippen molar-refractivity contribution in [3.8, 4) is 17.2 Å². The number of para-hydroxylation sites is 1. The Balaban J connectivity index is 1.46. The van der Waals surface area contributed by atoms with Crippen molar-refractivity contribution in [2.45, 2.75) is 19.8 Å². The van der Waals surface area contributed by atoms with E-state index in [2.05, 4.69) is 12.2 Å². The number of nitrogens with one attached hydrogen (secondary N) is 1. The van der Waals surface area contributed by atoms with Crippen LogP contribution < -0.4 is 19.5 Å². The molecule has 3 aromatic carbocycles. The predicted molar refractivity (Wildman–Crippen MR) is 119 cm³/mol. The Labute approximate surface area is 177 Å². The molecule has 0 radical (unpaired) electrons. The highest BCUT2D eigenvalue weighted by Gasteiger charge is 2.07. The fraction of sp³-hybridized carbons (Fsp3) is 0.240. The number of ether oxygens (including phenoxy) is 3. The van der Waals surface area contributed by atoms with E-state index in [9.17, 15) is 4.79 Å². The molecule has 0 heterocycles. The molecule has 0 aliphatic rings. The first-order valence-electron chi connectivity index (χ1n) is 10.2. The number of hydrogen-bond acceptors (Lipinski definition) is 4. The fourth-order valence-electron chi connectivity index (χ4n) is 2.74. The third-order valence-corrected chi connectivity index (χ3v) is 4.34. The normalized spacial score (nSPS) is 10.3. The number of amides is 1. The number of carbonyl (C=O) groups is 1. The number of hydrogen-bond donors (Lipinski definition) is 1. The Bertz CT molecular complexity index is 910. The van der Waals surface area contributed by atoms with Crippen LogP contribution in [0.15, 0.2) is 78.9 Å². The molecular weight excluding hydrogens is 378 g/mol. The molecule has 0 aliphatic carbocycles. The van der Waals surface area contributed by atoms with Crippen LogP contribution in [0.2, 0.25) is 0 Å². The van der Waals surface area contributed by atoms with Crippen LogP contribution in [0.3, 0.4) is 0 Å². The zero-order chi connectivity index (χ0) is 21.0. The van der Waals surface area contributed by atoms with E-state index in [1.807, 2.05) is 54.6 Å². The predicted octanol–water partition coefficient (Wildman–Crippen LogP) is 5.58. The Kier molecular flexibility index (Phi) is 8.15. The summed E-state index contributed by atoms with van der Waals surface area (Å²) in [7, 11) is 0. The van der Waals surface area contributed by atoms with Gasteiger partial charge in [-0.1, -0.05) is 37.6 Å². The first kappa shape index (κ1) is 21.2. The van der Waals surface area contributed by atoms with Gasteiger partial charge in [0.1, 0.15) is 30.5 Å². The van der Waals surface area contributed by atoms with Crippen molar-refractivity contribution in [3.63, 3.8) is 0 Å². The summed E-state index contributed by atoms with van der Waals surface area (Å²) >= 11 is 0. The molecule has 0 bridgehead atoms. The molecule has 0 atom stereocenters. The summed E-state index contributed by atoms with van der Waals surface area (Å²) in [6.07, 6.45) is 2.08. The van der Waals surface area contributed by atoms with Gasteiger partial charge in [0, 0.05) is 17.3 Å². The molecule has 1 amide bonds. The number of anilines is 1. The van der Waals surface area contributed by atoms with Gasteiger partial charge in [0.05, 0.1) is 6.61 Å². The molecule has 0 fully saturated rings. The Morgan fingerprint density at radius 1 is 0.733 bits per heavy atom. The molecule has 0 saturated carbocycles. The molecule has 3 rings (SSSR count). The van der Waals surface area contributed by atoms with Crippen LogP contribution >= 0.6 is 0 Å². The van der Waals surface area contributed by atoms with Crippen molar-refractivity contribution in [1.29, 1.82) is 0 Å². The molecule has 0 aromatic heterocycles. The van der Waals surface area contributed by atoms with E-state index in [0.29, 0.717) is 36.8 Å². The lowest BCUT2D eigenvalue weighted by Crippen LogP contribution is -2.12. The third-order valence-electron chi connectivity index (χ3n) is 4.34. The monoisotopic (exact) mass is 405 g/mol. The summed E-state index contributed by atoms with van der Waals surface area (Å²) in [5, 5.41) is 2.90. The van der Waals surface area contributed by atoms with Crippen molar-refractivity contribution in [2.24, 2.45) is 0 Å². The van der Waals surface area contributed by atoms with Gasteiger partial charge in [-0.3, -0.25) is 4.79 Å². The fourth-order valence-corrected chi connectivity index (χ4v) is 2.74. The smallest absolute Gasteiger partial charge is 0.255 e. The summed E-state index contributed by atoms with van der Waals surface area (Å²) < 4.78 is 17.0. The summed E-state index contributed by atoms with van der Waals surface area (Å²) in [6, 6.07) is 24.1. The van der Waals surface area contributed by atoms with E-state index in [1.165, 1.54) is 0 Å². The van der Waals surface area contributed by atoms with E-state index in [-0.39, 0.29) is 5.91 Å². The number of unbranched alkanes of at least 4 members (excludes halogenated alkanes) is 1. The van der Waals surface area contributed by atoms with Crippen LogP contribution in [-0.2, 0) is 0 Å². The molecular formula is C25H27NO4. The second-order valence-electron chi connectivity index (χ2n) is 6.72. The van der Waals surface area contributed by atoms with Crippen LogP contribution in [0.1, 0.15) is 30.1 Å². The zero-order valence-electron chi connectivity index (χ0n) is 17.2. The highest BCUT2D eigenvalue weighted by atomic mass is 16.5. The van der Waals surface area contributed by atoms with Gasteiger partial charge >= 0.3 is 0 Å². The zero-order valence-corrected chi connectivity index (χ0v) is 17.2. The first-order chi connectivity index (χ1) is 14.7. The quantitative estimate of drug-likeness (QED) is 0.423. The minimum atomic E-state index is -0.181. The van der Waals surface area contributed by atoms with Crippen molar-refractivity contribution < 1.29 is 19.0 Å². The molecule has 0 unspecified atom stereocenters. The second kappa shape index (κ2) is 11.5. The standard InChI is InChI=1S/C25H27NO4/c1-2-3-16-28-24-11-7-8-21(19-24)26-25(27)20-12-14-23(15-13-20)30-18-17-29-22-9-5-4-6-10-22/h4-15,19H,2-3,16-18H2,1H3,(H,26,27). The lowest BCUT2D eigenvalue weighted by Gasteiger charge is -2.10. The van der Waals surface area contributed by atoms with Crippen LogP contribution in [-0.4, -0.2) is 25.7 Å². The average molecular weight is 405 g/mol. The number of benzene rings is 3. The maximum absolute atomic E-state index is 12.5. The highest BCUT2D eigenvalue weighted by molar-refractivity contribution is 6.04. The van der Waals surface area contributed by atoms with Crippen LogP contribution in [0.4, 0.5) is 5.69 Å². The minimum absolute atomic E-state index is 0.181. The molecule has 0 aliphatic heterocycles. The Morgan fingerprint density at radius 2 is 1.37 bits per heavy atom. The third kappa shape index (κ3) is 6.85. The average Bonchev–Trinajstić information content (AvgIpc) is 2.78. The van der Waals surface area contributed by atoms with E-state index in [1.54, 1.807) is 24.3 Å². The van der Waals surface area contributed by atoms with E-state index in [4.69, 9.17) is 14.2 Å². The van der Waals surface area contributed by atoms with Crippen molar-refractivity contribution >= 4 is 11.6 Å². The molecule has 3 aromatic rings. The summed E-state index contributed by atoms with van der Waals surface area (Å²) in [5.41, 5.74) is 1.26. The van der Waals surface area contributed by atoms with Crippen molar-refractivity contribution in [1.82, 2.24) is 0 Å². The topological polar surface area (TPSA) is 56.8 Å². The lowest BCUT2D eigenvalue weighted by atomic mass is 10.2. The molecule has 5 nitrogen and oxygen atoms in total. The van der Waals surface area contributed by atoms with E-state index < -0.39 is 0 Å². The molecule has 30 heavy (non-hydrogen) atoms. The summed E-state index contributed by atoms with van der Waals surface area (Å²) in [4.78, 5) is 12.5. The van der Waals surface area contributed by atoms with Crippen molar-refractivity contribution in [2.75, 3.05) is 25.1 Å². The minimum Gasteiger partial charge on any atom is -0.494 e. The number of carbonyl (C=O) groups excluding carboxylic acids is 1. The molecule has 0 saturated heterocycles. The first-order valence-corrected chi connectivity index (χ1v) is 10.2. The molecule has 0 spiro atoms. The SMILES string of the molecule is CCCCOc1cccc(NC(=O)c2ccc(OCCOc3ccccc3)cc2)c1. The Morgan fingerprint density at radius 3 is 2.07 bits per heavy atom. The molecule has 1 N–H and O–H groups in total. The maximum atomic E-state index is 12.5. The van der Waals surface area contributed by atoms with Gasteiger partial charge in [-0.25, -0.2) is 0 Å². The van der Waals surface area contributed by atoms with Gasteiger partial charge in [-0.2, -0.15) is 0 Å². The van der Waals surface area contributed by atoms with Gasteiger partial charge in [-0.15, -0.1) is 0 Å². The van der Waals surface area contributed by atoms with Crippen LogP contribution in [0, 0.1) is 0 Å². The van der Waals surface area contributed by atoms with Gasteiger partial charge in [0.15, 0.2) is 0 Å². The van der Waals surface area contributed by atoms with Crippen LogP contribution in [0.5, 0.6) is 17.2 Å². The molecule has 5 heteroatoms. The summed E-state index contributed by atoms with van der Waals surface area (Å²) in [5.74, 6) is 2.07.